The van der Waals surface area contributed by atoms with Crippen molar-refractivity contribution < 1.29 is 18.3 Å². The highest BCUT2D eigenvalue weighted by molar-refractivity contribution is 5.69. The molecule has 2 bridgehead atoms. The van der Waals surface area contributed by atoms with Crippen LogP contribution in [0.4, 0.5) is 13.6 Å². The fourth-order valence-electron chi connectivity index (χ4n) is 4.62. The third-order valence-electron chi connectivity index (χ3n) is 6.06. The highest BCUT2D eigenvalue weighted by Gasteiger charge is 2.48. The Balaban J connectivity index is 1.87. The standard InChI is InChI=1S/C20H21F2N3O2/c1-25(19(26)27-2)20-9-4-5-12(8-10-20)13-11-16(23-24-18(13)20)17-14(21)6-3-7-15(17)22/h3,6-7,11-12H,4-5,8-10H2,1-2H3/t12-,20-/m0/s1. The van der Waals surface area contributed by atoms with Gasteiger partial charge in [0, 0.05) is 7.05 Å². The van der Waals surface area contributed by atoms with Crippen LogP contribution in [0.25, 0.3) is 11.3 Å². The molecule has 0 saturated heterocycles. The van der Waals surface area contributed by atoms with Gasteiger partial charge in [-0.1, -0.05) is 12.5 Å². The highest BCUT2D eigenvalue weighted by atomic mass is 19.1. The van der Waals surface area contributed by atoms with Crippen LogP contribution in [0.15, 0.2) is 24.3 Å². The molecule has 5 nitrogen and oxygen atoms in total. The van der Waals surface area contributed by atoms with Gasteiger partial charge in [-0.05, 0) is 55.4 Å². The second-order valence-electron chi connectivity index (χ2n) is 7.32. The third kappa shape index (κ3) is 2.67. The molecule has 5 rings (SSSR count). The average molecular weight is 373 g/mol. The molecule has 27 heavy (non-hydrogen) atoms. The van der Waals surface area contributed by atoms with Crippen molar-refractivity contribution in [1.29, 1.82) is 0 Å². The van der Waals surface area contributed by atoms with E-state index >= 15 is 0 Å². The fraction of sp³-hybridized carbons (Fsp3) is 0.450. The van der Waals surface area contributed by atoms with Gasteiger partial charge in [0.2, 0.25) is 0 Å². The summed E-state index contributed by atoms with van der Waals surface area (Å²) in [6, 6.07) is 5.50. The van der Waals surface area contributed by atoms with E-state index in [0.29, 0.717) is 0 Å². The Morgan fingerprint density at radius 1 is 1.22 bits per heavy atom. The predicted molar refractivity (Wildman–Crippen MR) is 95.1 cm³/mol. The van der Waals surface area contributed by atoms with E-state index in [9.17, 15) is 13.6 Å². The molecule has 0 spiro atoms. The number of carbonyl (C=O) groups excluding carboxylic acids is 1. The predicted octanol–water partition coefficient (Wildman–Crippen LogP) is 4.38. The van der Waals surface area contributed by atoms with Gasteiger partial charge in [-0.15, -0.1) is 5.10 Å². The topological polar surface area (TPSA) is 55.3 Å². The van der Waals surface area contributed by atoms with Gasteiger partial charge in [0.25, 0.3) is 0 Å². The van der Waals surface area contributed by atoms with Crippen molar-refractivity contribution in [2.45, 2.75) is 43.6 Å². The molecule has 0 radical (unpaired) electrons. The fourth-order valence-corrected chi connectivity index (χ4v) is 4.62. The van der Waals surface area contributed by atoms with Gasteiger partial charge < -0.3 is 4.74 Å². The summed E-state index contributed by atoms with van der Waals surface area (Å²) in [4.78, 5) is 13.9. The molecule has 1 aromatic carbocycles. The van der Waals surface area contributed by atoms with Crippen molar-refractivity contribution in [3.8, 4) is 11.3 Å². The minimum atomic E-state index is -0.663. The van der Waals surface area contributed by atoms with Gasteiger partial charge in [-0.2, -0.15) is 5.10 Å². The van der Waals surface area contributed by atoms with E-state index in [2.05, 4.69) is 10.2 Å². The Hall–Kier alpha value is -2.57. The van der Waals surface area contributed by atoms with Crippen LogP contribution in [0.3, 0.4) is 0 Å². The maximum absolute atomic E-state index is 14.2. The highest BCUT2D eigenvalue weighted by Crippen LogP contribution is 2.51. The second-order valence-corrected chi connectivity index (χ2v) is 7.32. The first kappa shape index (κ1) is 17.8. The molecular weight excluding hydrogens is 352 g/mol. The number of fused-ring (bicyclic) bond motifs is 3. The number of amides is 1. The monoisotopic (exact) mass is 373 g/mol. The van der Waals surface area contributed by atoms with Gasteiger partial charge >= 0.3 is 6.09 Å². The molecule has 142 valence electrons. The number of aromatic nitrogens is 2. The Labute approximate surface area is 156 Å². The van der Waals surface area contributed by atoms with E-state index < -0.39 is 23.3 Å². The van der Waals surface area contributed by atoms with Crippen molar-refractivity contribution in [3.63, 3.8) is 0 Å². The van der Waals surface area contributed by atoms with E-state index in [-0.39, 0.29) is 17.2 Å². The van der Waals surface area contributed by atoms with Crippen molar-refractivity contribution in [3.05, 3.63) is 47.2 Å². The molecule has 0 N–H and O–H groups in total. The third-order valence-corrected chi connectivity index (χ3v) is 6.06. The molecule has 1 saturated carbocycles. The van der Waals surface area contributed by atoms with Crippen LogP contribution in [0.2, 0.25) is 0 Å². The molecule has 2 atom stereocenters. The van der Waals surface area contributed by atoms with Crippen LogP contribution in [-0.4, -0.2) is 35.3 Å². The maximum Gasteiger partial charge on any atom is 0.410 e. The van der Waals surface area contributed by atoms with Crippen LogP contribution in [0.5, 0.6) is 0 Å². The number of nitrogens with zero attached hydrogens (tertiary/aromatic N) is 3. The summed E-state index contributed by atoms with van der Waals surface area (Å²) in [5.41, 5.74) is 1.09. The lowest BCUT2D eigenvalue weighted by molar-refractivity contribution is 0.0610. The molecule has 3 aliphatic carbocycles. The summed E-state index contributed by atoms with van der Waals surface area (Å²) in [6.07, 6.45) is 3.90. The summed E-state index contributed by atoms with van der Waals surface area (Å²) in [7, 11) is 3.07. The Bertz CT molecular complexity index is 881. The zero-order chi connectivity index (χ0) is 19.2. The number of ether oxygens (including phenoxy) is 1. The Morgan fingerprint density at radius 2 is 1.96 bits per heavy atom. The number of methoxy groups -OCH3 is 1. The number of hydrogen-bond acceptors (Lipinski definition) is 4. The quantitative estimate of drug-likeness (QED) is 0.784. The molecular formula is C20H21F2N3O2. The molecule has 3 aliphatic rings. The lowest BCUT2D eigenvalue weighted by Crippen LogP contribution is -2.49. The van der Waals surface area contributed by atoms with Crippen molar-refractivity contribution in [2.75, 3.05) is 14.2 Å². The first-order valence-electron chi connectivity index (χ1n) is 9.12. The maximum atomic E-state index is 14.2. The van der Waals surface area contributed by atoms with Gasteiger partial charge in [0.1, 0.15) is 11.6 Å². The summed E-state index contributed by atoms with van der Waals surface area (Å²) < 4.78 is 33.4. The summed E-state index contributed by atoms with van der Waals surface area (Å²) in [5.74, 6) is -1.07. The largest absolute Gasteiger partial charge is 0.453 e. The Morgan fingerprint density at radius 3 is 2.67 bits per heavy atom. The SMILES string of the molecule is COC(=O)N(C)[C@@]12CCC[C@@H](CC1)c1cc(-c3c(F)cccc3F)nnc12. The van der Waals surface area contributed by atoms with Gasteiger partial charge in [0.15, 0.2) is 0 Å². The van der Waals surface area contributed by atoms with Crippen LogP contribution in [0.1, 0.15) is 49.3 Å². The minimum absolute atomic E-state index is 0.164. The van der Waals surface area contributed by atoms with E-state index in [1.807, 2.05) is 0 Å². The van der Waals surface area contributed by atoms with E-state index in [1.54, 1.807) is 18.0 Å². The van der Waals surface area contributed by atoms with Crippen LogP contribution in [0, 0.1) is 11.6 Å². The molecule has 1 aromatic heterocycles. The first-order valence-corrected chi connectivity index (χ1v) is 9.12. The number of benzene rings is 1. The molecule has 1 fully saturated rings. The van der Waals surface area contributed by atoms with Crippen molar-refractivity contribution in [2.24, 2.45) is 0 Å². The van der Waals surface area contributed by atoms with Crippen molar-refractivity contribution in [1.82, 2.24) is 15.1 Å². The molecule has 0 aliphatic heterocycles. The number of halogens is 2. The first-order chi connectivity index (χ1) is 13.0. The minimum Gasteiger partial charge on any atom is -0.453 e. The van der Waals surface area contributed by atoms with E-state index in [0.717, 1.165) is 43.4 Å². The smallest absolute Gasteiger partial charge is 0.410 e. The zero-order valence-electron chi connectivity index (χ0n) is 15.3. The molecule has 0 unspecified atom stereocenters. The van der Waals surface area contributed by atoms with E-state index in [1.165, 1.54) is 25.3 Å². The summed E-state index contributed by atoms with van der Waals surface area (Å²) >= 11 is 0. The molecule has 1 heterocycles. The number of hydrogen-bond donors (Lipinski definition) is 0. The normalized spacial score (nSPS) is 23.5. The number of carbonyl (C=O) groups is 1. The van der Waals surface area contributed by atoms with Crippen LogP contribution in [-0.2, 0) is 10.3 Å². The molecule has 1 amide bonds. The van der Waals surface area contributed by atoms with Gasteiger partial charge in [-0.3, -0.25) is 4.90 Å². The second kappa shape index (κ2) is 6.55. The van der Waals surface area contributed by atoms with E-state index in [4.69, 9.17) is 4.74 Å². The van der Waals surface area contributed by atoms with Gasteiger partial charge in [-0.25, -0.2) is 13.6 Å². The molecule has 7 heteroatoms. The molecule has 2 aromatic rings. The average Bonchev–Trinajstić information content (AvgIpc) is 2.98. The number of rotatable bonds is 2. The zero-order valence-corrected chi connectivity index (χ0v) is 15.3. The van der Waals surface area contributed by atoms with Gasteiger partial charge in [0.05, 0.1) is 29.6 Å². The van der Waals surface area contributed by atoms with Crippen LogP contribution >= 0.6 is 0 Å². The van der Waals surface area contributed by atoms with Crippen molar-refractivity contribution >= 4 is 6.09 Å². The van der Waals surface area contributed by atoms with Crippen LogP contribution < -0.4 is 0 Å². The lowest BCUT2D eigenvalue weighted by Gasteiger charge is -2.43. The summed E-state index contributed by atoms with van der Waals surface area (Å²) in [5, 5.41) is 8.55. The summed E-state index contributed by atoms with van der Waals surface area (Å²) in [6.45, 7) is 0. The lowest BCUT2D eigenvalue weighted by atomic mass is 9.75. The Kier molecular flexibility index (Phi) is 4.32.